The van der Waals surface area contributed by atoms with Gasteiger partial charge in [0.1, 0.15) is 6.61 Å². The van der Waals surface area contributed by atoms with Gasteiger partial charge < -0.3 is 10.1 Å². The van der Waals surface area contributed by atoms with Gasteiger partial charge in [-0.2, -0.15) is 0 Å². The molecule has 1 aromatic heterocycles. The molecule has 0 saturated heterocycles. The van der Waals surface area contributed by atoms with Crippen LogP contribution in [-0.2, 0) is 0 Å². The molecule has 1 atom stereocenters. The van der Waals surface area contributed by atoms with Crippen LogP contribution in [0.15, 0.2) is 18.3 Å². The van der Waals surface area contributed by atoms with Crippen LogP contribution in [0.3, 0.4) is 0 Å². The van der Waals surface area contributed by atoms with Crippen molar-refractivity contribution in [3.05, 3.63) is 23.4 Å². The van der Waals surface area contributed by atoms with Gasteiger partial charge in [0.05, 0.1) is 5.02 Å². The molecule has 1 unspecified atom stereocenters. The molecular weight excluding hydrogens is 224 g/mol. The highest BCUT2D eigenvalue weighted by Gasteiger charge is 2.27. The third-order valence-electron chi connectivity index (χ3n) is 2.85. The maximum absolute atomic E-state index is 5.73. The van der Waals surface area contributed by atoms with Gasteiger partial charge in [-0.05, 0) is 31.7 Å². The smallest absolute Gasteiger partial charge is 0.213 e. The molecule has 88 valence electrons. The third-order valence-corrected chi connectivity index (χ3v) is 3.07. The van der Waals surface area contributed by atoms with Gasteiger partial charge >= 0.3 is 0 Å². The van der Waals surface area contributed by atoms with Gasteiger partial charge in [0.2, 0.25) is 5.88 Å². The van der Waals surface area contributed by atoms with Crippen LogP contribution in [0.2, 0.25) is 5.02 Å². The number of ether oxygens (including phenoxy) is 1. The first-order valence-electron chi connectivity index (χ1n) is 5.73. The Bertz CT molecular complexity index is 324. The van der Waals surface area contributed by atoms with Crippen LogP contribution in [0.1, 0.15) is 19.8 Å². The van der Waals surface area contributed by atoms with Crippen molar-refractivity contribution in [2.24, 2.45) is 5.92 Å². The fourth-order valence-corrected chi connectivity index (χ4v) is 1.76. The van der Waals surface area contributed by atoms with Gasteiger partial charge in [-0.3, -0.25) is 0 Å². The van der Waals surface area contributed by atoms with Crippen molar-refractivity contribution >= 4 is 11.6 Å². The second-order valence-electron chi connectivity index (χ2n) is 4.24. The number of halogens is 1. The second kappa shape index (κ2) is 5.51. The zero-order chi connectivity index (χ0) is 11.4. The molecule has 0 aromatic carbocycles. The van der Waals surface area contributed by atoms with Crippen LogP contribution >= 0.6 is 11.6 Å². The van der Waals surface area contributed by atoms with Gasteiger partial charge in [-0.25, -0.2) is 4.98 Å². The zero-order valence-corrected chi connectivity index (χ0v) is 10.2. The lowest BCUT2D eigenvalue weighted by atomic mass is 10.2. The van der Waals surface area contributed by atoms with E-state index in [1.165, 1.54) is 12.8 Å². The van der Waals surface area contributed by atoms with Crippen molar-refractivity contribution in [2.75, 3.05) is 13.2 Å². The second-order valence-corrected chi connectivity index (χ2v) is 4.68. The average Bonchev–Trinajstić information content (AvgIpc) is 3.10. The van der Waals surface area contributed by atoms with Gasteiger partial charge in [0, 0.05) is 24.8 Å². The van der Waals surface area contributed by atoms with Crippen molar-refractivity contribution in [2.45, 2.75) is 25.8 Å². The molecule has 2 rings (SSSR count). The molecule has 0 radical (unpaired) electrons. The zero-order valence-electron chi connectivity index (χ0n) is 9.45. The van der Waals surface area contributed by atoms with E-state index in [0.29, 0.717) is 23.6 Å². The van der Waals surface area contributed by atoms with Gasteiger partial charge in [0.15, 0.2) is 0 Å². The number of nitrogens with zero attached hydrogens (tertiary/aromatic N) is 1. The minimum Gasteiger partial charge on any atom is -0.476 e. The molecule has 0 amide bonds. The van der Waals surface area contributed by atoms with Gasteiger partial charge in [0.25, 0.3) is 0 Å². The molecule has 0 bridgehead atoms. The lowest BCUT2D eigenvalue weighted by Crippen LogP contribution is -2.31. The molecule has 1 aromatic rings. The summed E-state index contributed by atoms with van der Waals surface area (Å²) in [7, 11) is 0. The quantitative estimate of drug-likeness (QED) is 0.776. The lowest BCUT2D eigenvalue weighted by Gasteiger charge is -2.12. The summed E-state index contributed by atoms with van der Waals surface area (Å²) in [5.41, 5.74) is 0. The standard InChI is InChI=1S/C12H17ClN2O/c1-9(10-2-3-10)14-6-7-16-12-5-4-11(13)8-15-12/h4-5,8-10,14H,2-3,6-7H2,1H3. The van der Waals surface area contributed by atoms with Crippen LogP contribution < -0.4 is 10.1 Å². The molecular formula is C12H17ClN2O. The summed E-state index contributed by atoms with van der Waals surface area (Å²) in [6, 6.07) is 4.18. The maximum Gasteiger partial charge on any atom is 0.213 e. The van der Waals surface area contributed by atoms with Crippen LogP contribution in [-0.4, -0.2) is 24.2 Å². The van der Waals surface area contributed by atoms with Crippen molar-refractivity contribution < 1.29 is 4.74 Å². The Kier molecular flexibility index (Phi) is 4.02. The molecule has 1 saturated carbocycles. The minimum atomic E-state index is 0.613. The Morgan fingerprint density at radius 3 is 3.00 bits per heavy atom. The van der Waals surface area contributed by atoms with Crippen molar-refractivity contribution in [1.29, 1.82) is 0 Å². The highest BCUT2D eigenvalue weighted by molar-refractivity contribution is 6.30. The molecule has 1 aliphatic carbocycles. The summed E-state index contributed by atoms with van der Waals surface area (Å²) in [6.45, 7) is 3.74. The summed E-state index contributed by atoms with van der Waals surface area (Å²) in [5.74, 6) is 1.51. The number of hydrogen-bond donors (Lipinski definition) is 1. The monoisotopic (exact) mass is 240 g/mol. The molecule has 16 heavy (non-hydrogen) atoms. The fraction of sp³-hybridized carbons (Fsp3) is 0.583. The molecule has 1 fully saturated rings. The first-order valence-corrected chi connectivity index (χ1v) is 6.11. The van der Waals surface area contributed by atoms with Crippen molar-refractivity contribution in [1.82, 2.24) is 10.3 Å². The number of aromatic nitrogens is 1. The van der Waals surface area contributed by atoms with E-state index in [1.807, 2.05) is 0 Å². The Morgan fingerprint density at radius 1 is 1.56 bits per heavy atom. The van der Waals surface area contributed by atoms with Crippen molar-refractivity contribution in [3.8, 4) is 5.88 Å². The minimum absolute atomic E-state index is 0.613. The Balaban J connectivity index is 1.62. The van der Waals surface area contributed by atoms with E-state index in [2.05, 4.69) is 17.2 Å². The molecule has 4 heteroatoms. The van der Waals surface area contributed by atoms with E-state index in [9.17, 15) is 0 Å². The van der Waals surface area contributed by atoms with Crippen molar-refractivity contribution in [3.63, 3.8) is 0 Å². The molecule has 0 aliphatic heterocycles. The Morgan fingerprint density at radius 2 is 2.38 bits per heavy atom. The first-order chi connectivity index (χ1) is 7.75. The highest BCUT2D eigenvalue weighted by Crippen LogP contribution is 2.32. The maximum atomic E-state index is 5.73. The van der Waals surface area contributed by atoms with E-state index >= 15 is 0 Å². The SMILES string of the molecule is CC(NCCOc1ccc(Cl)cn1)C1CC1. The van der Waals surface area contributed by atoms with Crippen LogP contribution in [0.5, 0.6) is 5.88 Å². The van der Waals surface area contributed by atoms with Gasteiger partial charge in [-0.1, -0.05) is 11.6 Å². The molecule has 1 aliphatic rings. The first kappa shape index (κ1) is 11.7. The van der Waals surface area contributed by atoms with Crippen LogP contribution in [0, 0.1) is 5.92 Å². The predicted octanol–water partition coefficient (Wildman–Crippen LogP) is 2.50. The molecule has 1 heterocycles. The highest BCUT2D eigenvalue weighted by atomic mass is 35.5. The summed E-state index contributed by atoms with van der Waals surface area (Å²) in [5, 5.41) is 4.08. The number of rotatable bonds is 6. The molecule has 1 N–H and O–H groups in total. The van der Waals surface area contributed by atoms with Gasteiger partial charge in [-0.15, -0.1) is 0 Å². The Hall–Kier alpha value is -0.800. The lowest BCUT2D eigenvalue weighted by molar-refractivity contribution is 0.293. The number of nitrogens with one attached hydrogen (secondary N) is 1. The van der Waals surface area contributed by atoms with E-state index in [-0.39, 0.29) is 0 Å². The average molecular weight is 241 g/mol. The number of pyridine rings is 1. The Labute approximate surface area is 101 Å². The summed E-state index contributed by atoms with van der Waals surface area (Å²) >= 11 is 5.73. The van der Waals surface area contributed by atoms with E-state index in [4.69, 9.17) is 16.3 Å². The molecule has 0 spiro atoms. The molecule has 3 nitrogen and oxygen atoms in total. The fourth-order valence-electron chi connectivity index (χ4n) is 1.65. The van der Waals surface area contributed by atoms with E-state index in [1.54, 1.807) is 18.3 Å². The summed E-state index contributed by atoms with van der Waals surface area (Å²) < 4.78 is 5.48. The predicted molar refractivity (Wildman–Crippen MR) is 64.9 cm³/mol. The van der Waals surface area contributed by atoms with Crippen LogP contribution in [0.25, 0.3) is 0 Å². The largest absolute Gasteiger partial charge is 0.476 e. The summed E-state index contributed by atoms with van der Waals surface area (Å²) in [6.07, 6.45) is 4.33. The van der Waals surface area contributed by atoms with E-state index < -0.39 is 0 Å². The normalized spacial score (nSPS) is 17.1. The van der Waals surface area contributed by atoms with E-state index in [0.717, 1.165) is 12.5 Å². The third kappa shape index (κ3) is 3.65. The van der Waals surface area contributed by atoms with Crippen LogP contribution in [0.4, 0.5) is 0 Å². The number of hydrogen-bond acceptors (Lipinski definition) is 3. The topological polar surface area (TPSA) is 34.1 Å². The summed E-state index contributed by atoms with van der Waals surface area (Å²) in [4.78, 5) is 4.06.